The number of anilines is 1. The zero-order valence-corrected chi connectivity index (χ0v) is 27.9. The van der Waals surface area contributed by atoms with Gasteiger partial charge in [-0.05, 0) is 63.8 Å². The Balaban J connectivity index is 0.000000308. The number of carbonyl (C=O) groups excluding carboxylic acids is 1. The molecule has 4 saturated heterocycles. The number of fused-ring (bicyclic) bond motifs is 3. The number of nitrogens with one attached hydrogen (secondary N) is 1. The first kappa shape index (κ1) is 34.2. The van der Waals surface area contributed by atoms with Crippen molar-refractivity contribution in [2.45, 2.75) is 87.4 Å². The van der Waals surface area contributed by atoms with E-state index in [1.165, 1.54) is 36.1 Å². The molecule has 7 rings (SSSR count). The third-order valence-corrected chi connectivity index (χ3v) is 10.2. The fraction of sp³-hybridized carbons (Fsp3) is 0.618. The van der Waals surface area contributed by atoms with Crippen molar-refractivity contribution in [3.63, 3.8) is 0 Å². The van der Waals surface area contributed by atoms with Gasteiger partial charge in [-0.1, -0.05) is 10.7 Å². The molecule has 5 heterocycles. The summed E-state index contributed by atoms with van der Waals surface area (Å²) in [7, 11) is 3.42. The molecule has 0 spiro atoms. The third-order valence-electron chi connectivity index (χ3n) is 9.91. The second-order valence-electron chi connectivity index (χ2n) is 13.2. The van der Waals surface area contributed by atoms with Gasteiger partial charge in [-0.3, -0.25) is 4.90 Å². The predicted octanol–water partition coefficient (Wildman–Crippen LogP) is 2.07. The number of hydrogen-bond acceptors (Lipinski definition) is 8. The van der Waals surface area contributed by atoms with Crippen molar-refractivity contribution in [3.8, 4) is 6.01 Å². The Morgan fingerprint density at radius 1 is 1.18 bits per heavy atom. The topological polar surface area (TPSA) is 83.1 Å². The molecular weight excluding hydrogens is 583 g/mol. The Bertz CT molecular complexity index is 1320. The zero-order chi connectivity index (χ0) is 30.8. The normalized spacial score (nSPS) is 26.8. The second-order valence-corrected chi connectivity index (χ2v) is 13.6. The predicted molar refractivity (Wildman–Crippen MR) is 172 cm³/mol. The van der Waals surface area contributed by atoms with Crippen LogP contribution in [0.3, 0.4) is 0 Å². The molecule has 9 nitrogen and oxygen atoms in total. The first-order chi connectivity index (χ1) is 21.3. The molecule has 45 heavy (non-hydrogen) atoms. The van der Waals surface area contributed by atoms with Crippen molar-refractivity contribution in [1.82, 2.24) is 25.1 Å². The van der Waals surface area contributed by atoms with Crippen molar-refractivity contribution in [1.29, 1.82) is 0 Å². The molecule has 1 aromatic heterocycles. The first-order valence-corrected chi connectivity index (χ1v) is 16.6. The van der Waals surface area contributed by atoms with Crippen molar-refractivity contribution in [2.24, 2.45) is 0 Å². The van der Waals surface area contributed by atoms with Crippen molar-refractivity contribution < 1.29 is 33.1 Å². The van der Waals surface area contributed by atoms with Gasteiger partial charge in [0.1, 0.15) is 13.2 Å². The van der Waals surface area contributed by atoms with E-state index in [2.05, 4.69) is 40.0 Å². The molecule has 1 amide bonds. The average Bonchev–Trinajstić information content (AvgIpc) is 3.56. The van der Waals surface area contributed by atoms with Gasteiger partial charge in [-0.2, -0.15) is 46.4 Å². The fourth-order valence-electron chi connectivity index (χ4n) is 7.45. The van der Waals surface area contributed by atoms with Crippen LogP contribution in [0.15, 0.2) is 18.2 Å². The van der Waals surface area contributed by atoms with Gasteiger partial charge in [0, 0.05) is 45.3 Å². The zero-order valence-electron chi connectivity index (χ0n) is 27.2. The van der Waals surface area contributed by atoms with Crippen LogP contribution in [0.5, 0.6) is 6.01 Å². The molecule has 5 aliphatic rings. The van der Waals surface area contributed by atoms with Crippen LogP contribution < -0.4 is 33.8 Å². The van der Waals surface area contributed by atoms with Crippen LogP contribution in [-0.2, 0) is 11.2 Å². The van der Waals surface area contributed by atoms with Crippen LogP contribution >= 0.6 is 11.6 Å². The van der Waals surface area contributed by atoms with Gasteiger partial charge in [-0.25, -0.2) is 23.1 Å². The quantitative estimate of drug-likeness (QED) is 0.352. The number of carbonyl (C=O) groups is 1. The average molecular weight is 629 g/mol. The van der Waals surface area contributed by atoms with E-state index < -0.39 is 0 Å². The minimum absolute atomic E-state index is 0. The molecule has 4 unspecified atom stereocenters. The maximum atomic E-state index is 11.9. The Hall–Kier alpha value is -2.15. The summed E-state index contributed by atoms with van der Waals surface area (Å²) in [5.41, 5.74) is 2.89. The molecule has 240 valence electrons. The number of amides is 1. The molecule has 11 heteroatoms. The molecule has 1 aromatic carbocycles. The fourth-order valence-corrected chi connectivity index (χ4v) is 7.73. The van der Waals surface area contributed by atoms with Crippen molar-refractivity contribution in [2.75, 3.05) is 51.8 Å². The summed E-state index contributed by atoms with van der Waals surface area (Å²) in [5, 5.41) is 4.56. The molecule has 1 N–H and O–H groups in total. The molecule has 5 fully saturated rings. The molecule has 2 aromatic rings. The van der Waals surface area contributed by atoms with E-state index >= 15 is 0 Å². The third kappa shape index (κ3) is 7.71. The number of hydrogen-bond donors (Lipinski definition) is 1. The molecule has 4 aliphatic heterocycles. The number of piperazine rings is 1. The van der Waals surface area contributed by atoms with Crippen LogP contribution in [0, 0.1) is 19.9 Å². The van der Waals surface area contributed by atoms with Gasteiger partial charge in [0.15, 0.2) is 0 Å². The Kier molecular flexibility index (Phi) is 11.2. The summed E-state index contributed by atoms with van der Waals surface area (Å²) in [6.45, 7) is 12.2. The van der Waals surface area contributed by atoms with Crippen molar-refractivity contribution in [3.05, 3.63) is 60.0 Å². The van der Waals surface area contributed by atoms with E-state index in [1.54, 1.807) is 14.1 Å². The SMILES string of the molecule is Clc1ccc[c-]c1C1CC1.[CH2-]Cc1c([CH2-])nc(OCC23CCCN2C(COC(=O)N(C)C)CC3)nc1N1CC2CCC(C1)N2.[Li+]. The maximum Gasteiger partial charge on any atom is 1.00 e. The Morgan fingerprint density at radius 2 is 1.93 bits per heavy atom. The molecule has 1 saturated carbocycles. The summed E-state index contributed by atoms with van der Waals surface area (Å²) >= 11 is 5.93. The van der Waals surface area contributed by atoms with Gasteiger partial charge in [-0.15, -0.1) is 5.56 Å². The smallest absolute Gasteiger partial charge is 0.462 e. The summed E-state index contributed by atoms with van der Waals surface area (Å²) < 4.78 is 11.8. The number of aromatic nitrogens is 2. The monoisotopic (exact) mass is 628 g/mol. The molecular formula is C34H46ClLiN6O3-2. The van der Waals surface area contributed by atoms with E-state index in [4.69, 9.17) is 26.1 Å². The van der Waals surface area contributed by atoms with Crippen LogP contribution in [0.4, 0.5) is 10.6 Å². The number of nitrogens with zero attached hydrogens (tertiary/aromatic N) is 5. The minimum Gasteiger partial charge on any atom is -0.462 e. The maximum absolute atomic E-state index is 11.9. The molecule has 0 radical (unpaired) electrons. The van der Waals surface area contributed by atoms with Crippen LogP contribution in [-0.4, -0.2) is 96.5 Å². The second kappa shape index (κ2) is 14.7. The van der Waals surface area contributed by atoms with E-state index in [9.17, 15) is 4.79 Å². The van der Waals surface area contributed by atoms with Gasteiger partial charge in [0.2, 0.25) is 0 Å². The Morgan fingerprint density at radius 3 is 2.60 bits per heavy atom. The van der Waals surface area contributed by atoms with E-state index in [-0.39, 0.29) is 36.5 Å². The van der Waals surface area contributed by atoms with E-state index in [1.807, 2.05) is 18.2 Å². The van der Waals surface area contributed by atoms with Gasteiger partial charge < -0.3 is 31.5 Å². The van der Waals surface area contributed by atoms with Crippen molar-refractivity contribution >= 4 is 23.5 Å². The summed E-state index contributed by atoms with van der Waals surface area (Å²) in [4.78, 5) is 27.7. The van der Waals surface area contributed by atoms with Crippen LogP contribution in [0.25, 0.3) is 0 Å². The first-order valence-electron chi connectivity index (χ1n) is 16.2. The molecule has 1 aliphatic carbocycles. The summed E-state index contributed by atoms with van der Waals surface area (Å²) in [6.07, 6.45) is 9.57. The standard InChI is InChI=1S/C25H38N6O3.C9H8Cl.Li/c1-5-21-17(2)26-23(28-22(21)30-13-18-7-8-19(14-30)27-18)34-16-25-10-6-12-31(25)20(9-11-25)15-33-24(32)29(3)4;10-9-4-2-1-3-8(9)7-5-6-7;/h18-20,27H,1-2,5-16H2,3-4H3;1-2,4,7H,5-6H2;/q-2;-1;+1. The number of rotatable bonds is 8. The minimum atomic E-state index is -0.288. The van der Waals surface area contributed by atoms with Gasteiger partial charge in [0.05, 0.1) is 11.4 Å². The number of ether oxygens (including phenoxy) is 2. The van der Waals surface area contributed by atoms with Gasteiger partial charge >= 0.3 is 31.0 Å². The summed E-state index contributed by atoms with van der Waals surface area (Å²) in [6, 6.07) is 10.6. The largest absolute Gasteiger partial charge is 1.00 e. The van der Waals surface area contributed by atoms with Gasteiger partial charge in [0.25, 0.3) is 0 Å². The number of halogens is 1. The number of benzene rings is 1. The Labute approximate surface area is 285 Å². The van der Waals surface area contributed by atoms with E-state index in [0.29, 0.717) is 49.3 Å². The van der Waals surface area contributed by atoms with Crippen LogP contribution in [0.1, 0.15) is 74.1 Å². The molecule has 4 atom stereocenters. The molecule has 2 bridgehead atoms. The van der Waals surface area contributed by atoms with Crippen LogP contribution in [0.2, 0.25) is 5.02 Å². The summed E-state index contributed by atoms with van der Waals surface area (Å²) in [5.74, 6) is 1.65. The van der Waals surface area contributed by atoms with E-state index in [0.717, 1.165) is 61.7 Å².